The molecule has 2 atom stereocenters. The minimum atomic E-state index is -3.23. The number of carboxylic acid groups (broad SMARTS) is 1. The monoisotopic (exact) mass is 420 g/mol. The molecule has 0 bridgehead atoms. The number of carbonyl (C=O) groups is 2. The Morgan fingerprint density at radius 3 is 2.73 bits per heavy atom. The van der Waals surface area contributed by atoms with Crippen molar-refractivity contribution in [2.75, 3.05) is 16.4 Å². The highest BCUT2D eigenvalue weighted by Crippen LogP contribution is 2.41. The summed E-state index contributed by atoms with van der Waals surface area (Å²) in [5.41, 5.74) is 0.429. The Bertz CT molecular complexity index is 905. The van der Waals surface area contributed by atoms with Crippen LogP contribution in [0.25, 0.3) is 0 Å². The second kappa shape index (κ2) is 7.16. The highest BCUT2D eigenvalue weighted by molar-refractivity contribution is 8.16. The van der Waals surface area contributed by atoms with Crippen LogP contribution in [-0.4, -0.2) is 53.4 Å². The summed E-state index contributed by atoms with van der Waals surface area (Å²) in [7, 11) is -3.23. The Hall–Kier alpha value is -1.65. The summed E-state index contributed by atoms with van der Waals surface area (Å²) in [6, 6.07) is 3.50. The van der Waals surface area contributed by atoms with E-state index < -0.39 is 33.6 Å². The van der Waals surface area contributed by atoms with Crippen molar-refractivity contribution in [2.45, 2.75) is 24.1 Å². The molecule has 0 spiro atoms. The van der Waals surface area contributed by atoms with E-state index in [2.05, 4.69) is 4.99 Å². The van der Waals surface area contributed by atoms with Crippen LogP contribution in [-0.2, 0) is 19.4 Å². The van der Waals surface area contributed by atoms with Crippen LogP contribution in [0.5, 0.6) is 0 Å². The molecule has 0 aliphatic carbocycles. The van der Waals surface area contributed by atoms with Gasteiger partial charge in [0.15, 0.2) is 15.0 Å². The van der Waals surface area contributed by atoms with Crippen LogP contribution in [0.3, 0.4) is 0 Å². The Morgan fingerprint density at radius 1 is 1.35 bits per heavy atom. The van der Waals surface area contributed by atoms with Gasteiger partial charge in [0.1, 0.15) is 5.82 Å². The molecule has 0 saturated carbocycles. The normalized spacial score (nSPS) is 25.5. The summed E-state index contributed by atoms with van der Waals surface area (Å²) in [6.45, 7) is 0. The molecule has 3 rings (SSSR count). The van der Waals surface area contributed by atoms with E-state index in [9.17, 15) is 22.4 Å². The van der Waals surface area contributed by atoms with Gasteiger partial charge >= 0.3 is 5.97 Å². The average molecular weight is 421 g/mol. The van der Waals surface area contributed by atoms with Gasteiger partial charge in [-0.1, -0.05) is 23.4 Å². The SMILES string of the molecule is O=C(O)CCC(=O)N=C1S[C@H]2CS(=O)(=O)C[C@H]2N1c1ccc(F)c(Cl)c1. The molecule has 140 valence electrons. The molecule has 1 amide bonds. The molecule has 2 fully saturated rings. The number of nitrogens with zero attached hydrogens (tertiary/aromatic N) is 2. The van der Waals surface area contributed by atoms with Crippen LogP contribution in [0.4, 0.5) is 10.1 Å². The first-order chi connectivity index (χ1) is 12.2. The maximum Gasteiger partial charge on any atom is 0.303 e. The lowest BCUT2D eigenvalue weighted by Gasteiger charge is -2.24. The first-order valence-electron chi connectivity index (χ1n) is 7.61. The number of fused-ring (bicyclic) bond motifs is 1. The third-order valence-electron chi connectivity index (χ3n) is 4.02. The Labute approximate surface area is 158 Å². The summed E-state index contributed by atoms with van der Waals surface area (Å²) in [5.74, 6) is -2.49. The van der Waals surface area contributed by atoms with Crippen molar-refractivity contribution in [1.82, 2.24) is 0 Å². The Kier molecular flexibility index (Phi) is 5.27. The molecular weight excluding hydrogens is 407 g/mol. The molecule has 11 heteroatoms. The third kappa shape index (κ3) is 4.02. The van der Waals surface area contributed by atoms with Crippen LogP contribution in [0.15, 0.2) is 23.2 Å². The average Bonchev–Trinajstić information content (AvgIpc) is 2.99. The van der Waals surface area contributed by atoms with Gasteiger partial charge in [0.2, 0.25) is 5.91 Å². The van der Waals surface area contributed by atoms with Gasteiger partial charge in [0.25, 0.3) is 0 Å². The van der Waals surface area contributed by atoms with Crippen molar-refractivity contribution in [3.63, 3.8) is 0 Å². The van der Waals surface area contributed by atoms with Crippen LogP contribution in [0, 0.1) is 5.82 Å². The predicted octanol–water partition coefficient (Wildman–Crippen LogP) is 1.95. The van der Waals surface area contributed by atoms with Crippen LogP contribution in [0.1, 0.15) is 12.8 Å². The van der Waals surface area contributed by atoms with Gasteiger partial charge in [-0.15, -0.1) is 0 Å². The van der Waals surface area contributed by atoms with Gasteiger partial charge in [0.05, 0.1) is 29.0 Å². The number of aliphatic carboxylic acids is 1. The largest absolute Gasteiger partial charge is 0.481 e. The highest BCUT2D eigenvalue weighted by atomic mass is 35.5. The zero-order valence-corrected chi connectivity index (χ0v) is 15.7. The van der Waals surface area contributed by atoms with Gasteiger partial charge in [-0.25, -0.2) is 12.8 Å². The van der Waals surface area contributed by atoms with Crippen molar-refractivity contribution in [3.05, 3.63) is 29.0 Å². The van der Waals surface area contributed by atoms with Gasteiger partial charge in [-0.05, 0) is 18.2 Å². The summed E-state index contributed by atoms with van der Waals surface area (Å²) in [4.78, 5) is 28.1. The number of halogens is 2. The highest BCUT2D eigenvalue weighted by Gasteiger charge is 2.49. The molecular formula is C15H14ClFN2O5S2. The number of thioether (sulfide) groups is 1. The number of aliphatic imine (C=N–C) groups is 1. The van der Waals surface area contributed by atoms with Crippen LogP contribution < -0.4 is 4.90 Å². The van der Waals surface area contributed by atoms with E-state index in [1.807, 2.05) is 0 Å². The summed E-state index contributed by atoms with van der Waals surface area (Å²) in [6.07, 6.45) is -0.602. The zero-order chi connectivity index (χ0) is 19.1. The lowest BCUT2D eigenvalue weighted by molar-refractivity contribution is -0.138. The lowest BCUT2D eigenvalue weighted by atomic mass is 10.2. The molecule has 2 saturated heterocycles. The molecule has 0 unspecified atom stereocenters. The fourth-order valence-corrected chi connectivity index (χ4v) is 6.98. The number of benzene rings is 1. The van der Waals surface area contributed by atoms with Crippen molar-refractivity contribution in [3.8, 4) is 0 Å². The predicted molar refractivity (Wildman–Crippen MR) is 97.0 cm³/mol. The lowest BCUT2D eigenvalue weighted by Crippen LogP contribution is -2.37. The van der Waals surface area contributed by atoms with Crippen molar-refractivity contribution < 1.29 is 27.5 Å². The number of sulfone groups is 1. The van der Waals surface area contributed by atoms with Gasteiger partial charge in [-0.2, -0.15) is 4.99 Å². The number of hydrogen-bond acceptors (Lipinski definition) is 5. The van der Waals surface area contributed by atoms with E-state index in [1.54, 1.807) is 4.90 Å². The van der Waals surface area contributed by atoms with Crippen LogP contribution >= 0.6 is 23.4 Å². The van der Waals surface area contributed by atoms with Gasteiger partial charge < -0.3 is 10.0 Å². The summed E-state index contributed by atoms with van der Waals surface area (Å²) < 4.78 is 37.4. The van der Waals surface area contributed by atoms with E-state index in [-0.39, 0.29) is 39.8 Å². The number of carbonyl (C=O) groups excluding carboxylic acids is 1. The van der Waals surface area contributed by atoms with Crippen LogP contribution in [0.2, 0.25) is 5.02 Å². The zero-order valence-electron chi connectivity index (χ0n) is 13.3. The fraction of sp³-hybridized carbons (Fsp3) is 0.400. The molecule has 7 nitrogen and oxygen atoms in total. The van der Waals surface area contributed by atoms with Gasteiger partial charge in [-0.3, -0.25) is 9.59 Å². The van der Waals surface area contributed by atoms with E-state index in [4.69, 9.17) is 16.7 Å². The number of hydrogen-bond donors (Lipinski definition) is 1. The quantitative estimate of drug-likeness (QED) is 0.793. The minimum Gasteiger partial charge on any atom is -0.481 e. The van der Waals surface area contributed by atoms with Crippen molar-refractivity contribution in [2.24, 2.45) is 4.99 Å². The topological polar surface area (TPSA) is 104 Å². The number of amides is 1. The van der Waals surface area contributed by atoms with E-state index in [0.29, 0.717) is 5.69 Å². The molecule has 26 heavy (non-hydrogen) atoms. The first-order valence-corrected chi connectivity index (χ1v) is 10.7. The number of carboxylic acids is 1. The molecule has 1 N–H and O–H groups in total. The van der Waals surface area contributed by atoms with E-state index in [1.165, 1.54) is 12.1 Å². The van der Waals surface area contributed by atoms with Crippen molar-refractivity contribution in [1.29, 1.82) is 0 Å². The van der Waals surface area contributed by atoms with E-state index in [0.717, 1.165) is 17.8 Å². The number of rotatable bonds is 4. The maximum atomic E-state index is 13.5. The Balaban J connectivity index is 1.94. The third-order valence-corrected chi connectivity index (χ3v) is 7.52. The summed E-state index contributed by atoms with van der Waals surface area (Å²) in [5, 5.41) is 8.50. The minimum absolute atomic E-state index is 0.0455. The standard InChI is InChI=1S/C15H14ClFN2O5S2/c16-9-5-8(1-2-10(9)17)19-11-6-26(23,24)7-12(11)25-15(19)18-13(20)3-4-14(21)22/h1-2,5,11-12H,3-4,6-7H2,(H,21,22)/t11-,12+/m1/s1. The summed E-state index contributed by atoms with van der Waals surface area (Å²) >= 11 is 6.98. The fourth-order valence-electron chi connectivity index (χ4n) is 2.88. The number of anilines is 1. The molecule has 0 radical (unpaired) electrons. The Morgan fingerprint density at radius 2 is 2.08 bits per heavy atom. The molecule has 2 aliphatic rings. The molecule has 0 aromatic heterocycles. The number of amidine groups is 1. The van der Waals surface area contributed by atoms with E-state index >= 15 is 0 Å². The maximum absolute atomic E-state index is 13.5. The molecule has 2 aliphatic heterocycles. The second-order valence-corrected chi connectivity index (χ2v) is 9.72. The van der Waals surface area contributed by atoms with Crippen molar-refractivity contribution >= 4 is 55.9 Å². The molecule has 1 aromatic carbocycles. The second-order valence-electron chi connectivity index (χ2n) is 5.95. The molecule has 1 aromatic rings. The smallest absolute Gasteiger partial charge is 0.303 e. The first kappa shape index (κ1) is 19.1. The van der Waals surface area contributed by atoms with Gasteiger partial charge in [0, 0.05) is 17.4 Å². The molecule has 2 heterocycles.